The van der Waals surface area contributed by atoms with Gasteiger partial charge >= 0.3 is 0 Å². The zero-order chi connectivity index (χ0) is 19.4. The van der Waals surface area contributed by atoms with Gasteiger partial charge in [0, 0.05) is 32.6 Å². The van der Waals surface area contributed by atoms with E-state index in [0.29, 0.717) is 43.6 Å². The number of nitrogens with one attached hydrogen (secondary N) is 1. The molecule has 0 fully saturated rings. The van der Waals surface area contributed by atoms with Crippen LogP contribution < -0.4 is 15.0 Å². The summed E-state index contributed by atoms with van der Waals surface area (Å²) in [4.78, 5) is 18.5. The van der Waals surface area contributed by atoms with Gasteiger partial charge < -0.3 is 19.7 Å². The Hall–Kier alpha value is -2.67. The van der Waals surface area contributed by atoms with Gasteiger partial charge in [-0.3, -0.25) is 4.79 Å². The minimum atomic E-state index is -0.272. The molecule has 3 rings (SSSR count). The smallest absolute Gasteiger partial charge is 0.240 e. The number of carbonyl (C=O) groups excluding carboxylic acids is 1. The Morgan fingerprint density at radius 3 is 2.81 bits per heavy atom. The van der Waals surface area contributed by atoms with Crippen molar-refractivity contribution >= 4 is 17.4 Å². The van der Waals surface area contributed by atoms with Crippen LogP contribution in [0.3, 0.4) is 0 Å². The van der Waals surface area contributed by atoms with Gasteiger partial charge in [-0.05, 0) is 30.7 Å². The Labute approximate surface area is 158 Å². The second-order valence-electron chi connectivity index (χ2n) is 6.59. The van der Waals surface area contributed by atoms with Crippen molar-refractivity contribution in [3.8, 4) is 5.88 Å². The van der Waals surface area contributed by atoms with Crippen LogP contribution >= 0.6 is 0 Å². The monoisotopic (exact) mass is 373 g/mol. The quantitative estimate of drug-likeness (QED) is 0.789. The van der Waals surface area contributed by atoms with Gasteiger partial charge in [0.1, 0.15) is 23.9 Å². The van der Waals surface area contributed by atoms with E-state index >= 15 is 0 Å². The highest BCUT2D eigenvalue weighted by Crippen LogP contribution is 2.36. The molecule has 0 saturated carbocycles. The van der Waals surface area contributed by atoms with E-state index in [2.05, 4.69) is 10.3 Å². The Kier molecular flexibility index (Phi) is 5.91. The van der Waals surface area contributed by atoms with Gasteiger partial charge in [0.2, 0.25) is 11.8 Å². The number of methoxy groups -OCH3 is 1. The lowest BCUT2D eigenvalue weighted by Crippen LogP contribution is -2.44. The molecule has 1 aromatic heterocycles. The van der Waals surface area contributed by atoms with Crippen LogP contribution in [0.25, 0.3) is 0 Å². The number of benzene rings is 1. The van der Waals surface area contributed by atoms with E-state index in [1.54, 1.807) is 24.1 Å². The van der Waals surface area contributed by atoms with Crippen molar-refractivity contribution in [2.45, 2.75) is 26.3 Å². The molecule has 0 saturated heterocycles. The molecule has 6 nitrogen and oxygen atoms in total. The SMILES string of the molecule is COCCNc1nc2c(cc1Cc1ccc(F)cc1)N(C(C)=O)C(C)CO2. The number of fused-ring (bicyclic) bond motifs is 1. The molecule has 1 aliphatic heterocycles. The number of ether oxygens (including phenoxy) is 2. The minimum Gasteiger partial charge on any atom is -0.474 e. The van der Waals surface area contributed by atoms with Crippen LogP contribution in [-0.2, 0) is 16.0 Å². The van der Waals surface area contributed by atoms with E-state index in [9.17, 15) is 9.18 Å². The fraction of sp³-hybridized carbons (Fsp3) is 0.400. The van der Waals surface area contributed by atoms with E-state index in [1.807, 2.05) is 13.0 Å². The average molecular weight is 373 g/mol. The maximum Gasteiger partial charge on any atom is 0.240 e. The van der Waals surface area contributed by atoms with Crippen LogP contribution in [0.4, 0.5) is 15.9 Å². The molecule has 2 aromatic rings. The van der Waals surface area contributed by atoms with E-state index < -0.39 is 0 Å². The summed E-state index contributed by atoms with van der Waals surface area (Å²) >= 11 is 0. The van der Waals surface area contributed by atoms with Crippen molar-refractivity contribution in [2.24, 2.45) is 0 Å². The maximum absolute atomic E-state index is 13.2. The maximum atomic E-state index is 13.2. The molecule has 1 aliphatic rings. The first-order valence-electron chi connectivity index (χ1n) is 8.93. The summed E-state index contributed by atoms with van der Waals surface area (Å²) in [6.45, 7) is 5.00. The Morgan fingerprint density at radius 1 is 1.41 bits per heavy atom. The predicted octanol–water partition coefficient (Wildman–Crippen LogP) is 3.00. The van der Waals surface area contributed by atoms with E-state index in [-0.39, 0.29) is 17.8 Å². The molecule has 1 N–H and O–H groups in total. The number of pyridine rings is 1. The lowest BCUT2D eigenvalue weighted by Gasteiger charge is -2.34. The van der Waals surface area contributed by atoms with Crippen LogP contribution in [0.15, 0.2) is 30.3 Å². The number of rotatable bonds is 6. The molecule has 2 heterocycles. The fourth-order valence-electron chi connectivity index (χ4n) is 3.18. The van der Waals surface area contributed by atoms with Gasteiger partial charge in [0.05, 0.1) is 12.6 Å². The molecule has 0 spiro atoms. The third-order valence-corrected chi connectivity index (χ3v) is 4.45. The third kappa shape index (κ3) is 4.36. The summed E-state index contributed by atoms with van der Waals surface area (Å²) < 4.78 is 24.1. The average Bonchev–Trinajstić information content (AvgIpc) is 2.64. The first kappa shape index (κ1) is 19.1. The van der Waals surface area contributed by atoms with Gasteiger partial charge in [-0.1, -0.05) is 12.1 Å². The summed E-state index contributed by atoms with van der Waals surface area (Å²) in [6, 6.07) is 8.23. The summed E-state index contributed by atoms with van der Waals surface area (Å²) in [5.41, 5.74) is 2.52. The van der Waals surface area contributed by atoms with Crippen LogP contribution in [0.1, 0.15) is 25.0 Å². The van der Waals surface area contributed by atoms with Crippen molar-refractivity contribution in [1.29, 1.82) is 0 Å². The molecule has 7 heteroatoms. The first-order chi connectivity index (χ1) is 13.0. The number of aromatic nitrogens is 1. The van der Waals surface area contributed by atoms with Crippen LogP contribution in [0.2, 0.25) is 0 Å². The molecular weight excluding hydrogens is 349 g/mol. The number of carbonyl (C=O) groups is 1. The summed E-state index contributed by atoms with van der Waals surface area (Å²) in [7, 11) is 1.64. The van der Waals surface area contributed by atoms with Gasteiger partial charge in [-0.15, -0.1) is 0 Å². The number of nitrogens with zero attached hydrogens (tertiary/aromatic N) is 2. The van der Waals surface area contributed by atoms with Gasteiger partial charge in [0.15, 0.2) is 0 Å². The Balaban J connectivity index is 1.99. The molecule has 1 unspecified atom stereocenters. The summed E-state index contributed by atoms with van der Waals surface area (Å²) in [6.07, 6.45) is 0.552. The largest absolute Gasteiger partial charge is 0.474 e. The van der Waals surface area contributed by atoms with E-state index in [0.717, 1.165) is 11.1 Å². The lowest BCUT2D eigenvalue weighted by molar-refractivity contribution is -0.117. The molecule has 1 aromatic carbocycles. The number of hydrogen-bond acceptors (Lipinski definition) is 5. The van der Waals surface area contributed by atoms with Crippen molar-refractivity contribution in [3.63, 3.8) is 0 Å². The van der Waals surface area contributed by atoms with E-state index in [1.165, 1.54) is 19.1 Å². The van der Waals surface area contributed by atoms with Crippen molar-refractivity contribution in [3.05, 3.63) is 47.3 Å². The zero-order valence-corrected chi connectivity index (χ0v) is 15.8. The van der Waals surface area contributed by atoms with Gasteiger partial charge in [0.25, 0.3) is 0 Å². The van der Waals surface area contributed by atoms with Crippen molar-refractivity contribution in [2.75, 3.05) is 37.1 Å². The van der Waals surface area contributed by atoms with Gasteiger partial charge in [-0.2, -0.15) is 4.98 Å². The molecule has 0 bridgehead atoms. The Morgan fingerprint density at radius 2 is 2.15 bits per heavy atom. The topological polar surface area (TPSA) is 63.7 Å². The minimum absolute atomic E-state index is 0.0540. The standard InChI is InChI=1S/C20H24FN3O3/c1-13-12-27-20-18(24(13)14(2)25)11-16(19(23-20)22-8-9-26-3)10-15-4-6-17(21)7-5-15/h4-7,11,13H,8-10,12H2,1-3H3,(H,22,23). The number of halogens is 1. The predicted molar refractivity (Wildman–Crippen MR) is 102 cm³/mol. The lowest BCUT2D eigenvalue weighted by atomic mass is 10.0. The molecule has 1 amide bonds. The molecule has 144 valence electrons. The molecule has 27 heavy (non-hydrogen) atoms. The van der Waals surface area contributed by atoms with Crippen molar-refractivity contribution < 1.29 is 18.7 Å². The van der Waals surface area contributed by atoms with E-state index in [4.69, 9.17) is 9.47 Å². The van der Waals surface area contributed by atoms with Crippen LogP contribution in [0, 0.1) is 5.82 Å². The molecular formula is C20H24FN3O3. The number of anilines is 2. The second kappa shape index (κ2) is 8.35. The normalized spacial score (nSPS) is 15.9. The highest BCUT2D eigenvalue weighted by molar-refractivity contribution is 5.94. The first-order valence-corrected chi connectivity index (χ1v) is 8.93. The highest BCUT2D eigenvalue weighted by atomic mass is 19.1. The van der Waals surface area contributed by atoms with Crippen LogP contribution in [-0.4, -0.2) is 43.8 Å². The number of amides is 1. The van der Waals surface area contributed by atoms with Crippen LogP contribution in [0.5, 0.6) is 5.88 Å². The Bertz CT molecular complexity index is 811. The molecule has 1 atom stereocenters. The summed E-state index contributed by atoms with van der Waals surface area (Å²) in [5, 5.41) is 3.26. The third-order valence-electron chi connectivity index (χ3n) is 4.45. The molecule has 0 radical (unpaired) electrons. The zero-order valence-electron chi connectivity index (χ0n) is 15.8. The molecule has 0 aliphatic carbocycles. The van der Waals surface area contributed by atoms with Crippen molar-refractivity contribution in [1.82, 2.24) is 4.98 Å². The van der Waals surface area contributed by atoms with Gasteiger partial charge in [-0.25, -0.2) is 4.39 Å². The second-order valence-corrected chi connectivity index (χ2v) is 6.59. The fourth-order valence-corrected chi connectivity index (χ4v) is 3.18. The summed E-state index contributed by atoms with van der Waals surface area (Å²) in [5.74, 6) is 0.784. The number of hydrogen-bond donors (Lipinski definition) is 1. The highest BCUT2D eigenvalue weighted by Gasteiger charge is 2.30.